The van der Waals surface area contributed by atoms with Crippen LogP contribution in [0.4, 0.5) is 5.82 Å². The largest absolute Gasteiger partial charge is 0.497 e. The van der Waals surface area contributed by atoms with Crippen LogP contribution in [0.25, 0.3) is 16.4 Å². The Bertz CT molecular complexity index is 1140. The van der Waals surface area contributed by atoms with Gasteiger partial charge in [0.25, 0.3) is 5.91 Å². The number of carbonyl (C=O) groups is 1. The maximum Gasteiger partial charge on any atom is 0.256 e. The lowest BCUT2D eigenvalue weighted by molar-refractivity contribution is 0.102. The highest BCUT2D eigenvalue weighted by molar-refractivity contribution is 7.12. The Kier molecular flexibility index (Phi) is 5.14. The average Bonchev–Trinajstić information content (AvgIpc) is 3.35. The second kappa shape index (κ2) is 7.89. The molecule has 7 heteroatoms. The van der Waals surface area contributed by atoms with Crippen LogP contribution in [0.3, 0.4) is 0 Å². The molecule has 1 amide bonds. The monoisotopic (exact) mass is 404 g/mol. The van der Waals surface area contributed by atoms with E-state index in [9.17, 15) is 4.79 Å². The van der Waals surface area contributed by atoms with Gasteiger partial charge in [0, 0.05) is 22.6 Å². The van der Waals surface area contributed by atoms with Crippen LogP contribution in [0.15, 0.2) is 60.0 Å². The van der Waals surface area contributed by atoms with Crippen LogP contribution in [-0.4, -0.2) is 27.8 Å². The van der Waals surface area contributed by atoms with Gasteiger partial charge < -0.3 is 10.1 Å². The molecule has 1 N–H and O–H groups in total. The minimum Gasteiger partial charge on any atom is -0.497 e. The summed E-state index contributed by atoms with van der Waals surface area (Å²) in [6, 6.07) is 17.0. The molecule has 2 aromatic heterocycles. The third-order valence-electron chi connectivity index (χ3n) is 4.45. The third-order valence-corrected chi connectivity index (χ3v) is 5.26. The number of aryl methyl sites for hydroxylation is 2. The van der Waals surface area contributed by atoms with Crippen molar-refractivity contribution in [3.8, 4) is 22.1 Å². The first-order valence-electron chi connectivity index (χ1n) is 9.08. The van der Waals surface area contributed by atoms with E-state index in [1.165, 1.54) is 11.3 Å². The number of hydrogen-bond donors (Lipinski definition) is 1. The lowest BCUT2D eigenvalue weighted by Crippen LogP contribution is -2.15. The van der Waals surface area contributed by atoms with Crippen molar-refractivity contribution in [3.63, 3.8) is 0 Å². The van der Waals surface area contributed by atoms with E-state index in [-0.39, 0.29) is 5.91 Å². The first-order valence-corrected chi connectivity index (χ1v) is 9.96. The summed E-state index contributed by atoms with van der Waals surface area (Å²) >= 11 is 1.47. The Labute approximate surface area is 172 Å². The van der Waals surface area contributed by atoms with Crippen molar-refractivity contribution in [2.24, 2.45) is 0 Å². The SMILES string of the molecule is COc1ccc(-c2csc(-n3nc(C)cc3NC(=O)c3ccc(C)cc3)n2)cc1. The molecule has 2 heterocycles. The van der Waals surface area contributed by atoms with E-state index in [0.717, 1.165) is 28.3 Å². The second-order valence-corrected chi connectivity index (χ2v) is 7.48. The van der Waals surface area contributed by atoms with Crippen LogP contribution in [-0.2, 0) is 0 Å². The summed E-state index contributed by atoms with van der Waals surface area (Å²) in [4.78, 5) is 17.3. The predicted octanol–water partition coefficient (Wildman–Crippen LogP) is 4.87. The van der Waals surface area contributed by atoms with Crippen LogP contribution in [0.2, 0.25) is 0 Å². The van der Waals surface area contributed by atoms with Crippen molar-refractivity contribution >= 4 is 23.1 Å². The van der Waals surface area contributed by atoms with Crippen molar-refractivity contribution in [1.82, 2.24) is 14.8 Å². The Morgan fingerprint density at radius 1 is 1.07 bits per heavy atom. The summed E-state index contributed by atoms with van der Waals surface area (Å²) in [6.45, 7) is 3.87. The maximum atomic E-state index is 12.6. The second-order valence-electron chi connectivity index (χ2n) is 6.65. The van der Waals surface area contributed by atoms with Gasteiger partial charge in [-0.15, -0.1) is 11.3 Å². The first kappa shape index (κ1) is 18.9. The fourth-order valence-corrected chi connectivity index (χ4v) is 3.68. The van der Waals surface area contributed by atoms with Gasteiger partial charge >= 0.3 is 0 Å². The molecule has 146 valence electrons. The summed E-state index contributed by atoms with van der Waals surface area (Å²) in [5.74, 6) is 1.20. The van der Waals surface area contributed by atoms with E-state index >= 15 is 0 Å². The molecule has 0 aliphatic heterocycles. The molecule has 0 aliphatic carbocycles. The van der Waals surface area contributed by atoms with Crippen molar-refractivity contribution in [1.29, 1.82) is 0 Å². The first-order chi connectivity index (χ1) is 14.0. The molecule has 0 atom stereocenters. The number of aromatic nitrogens is 3. The molecular formula is C22H20N4O2S. The molecule has 0 saturated heterocycles. The van der Waals surface area contributed by atoms with Crippen molar-refractivity contribution < 1.29 is 9.53 Å². The number of amides is 1. The van der Waals surface area contributed by atoms with E-state index in [1.807, 2.05) is 73.8 Å². The standard InChI is InChI=1S/C22H20N4O2S/c1-14-4-6-17(7-5-14)21(27)24-20-12-15(2)25-26(20)22-23-19(13-29-22)16-8-10-18(28-3)11-9-16/h4-13H,1-3H3,(H,24,27). The van der Waals surface area contributed by atoms with Gasteiger partial charge in [0.1, 0.15) is 11.6 Å². The molecule has 6 nitrogen and oxygen atoms in total. The molecule has 0 fully saturated rings. The minimum atomic E-state index is -0.182. The Morgan fingerprint density at radius 2 is 1.79 bits per heavy atom. The van der Waals surface area contributed by atoms with Crippen LogP contribution in [0.1, 0.15) is 21.6 Å². The number of nitrogens with zero attached hydrogens (tertiary/aromatic N) is 3. The zero-order chi connectivity index (χ0) is 20.4. The number of hydrogen-bond acceptors (Lipinski definition) is 5. The topological polar surface area (TPSA) is 69.0 Å². The predicted molar refractivity (Wildman–Crippen MR) is 115 cm³/mol. The van der Waals surface area contributed by atoms with Gasteiger partial charge in [-0.3, -0.25) is 4.79 Å². The molecule has 4 rings (SSSR count). The Balaban J connectivity index is 1.60. The van der Waals surface area contributed by atoms with Gasteiger partial charge in [-0.2, -0.15) is 9.78 Å². The summed E-state index contributed by atoms with van der Waals surface area (Å²) in [5.41, 5.74) is 4.33. The van der Waals surface area contributed by atoms with Crippen molar-refractivity contribution in [2.45, 2.75) is 13.8 Å². The fourth-order valence-electron chi connectivity index (χ4n) is 2.88. The number of nitrogens with one attached hydrogen (secondary N) is 1. The van der Waals surface area contributed by atoms with Gasteiger partial charge in [-0.1, -0.05) is 17.7 Å². The third kappa shape index (κ3) is 4.05. The van der Waals surface area contributed by atoms with Gasteiger partial charge in [-0.05, 0) is 50.2 Å². The smallest absolute Gasteiger partial charge is 0.256 e. The molecular weight excluding hydrogens is 384 g/mol. The van der Waals surface area contributed by atoms with Gasteiger partial charge in [-0.25, -0.2) is 4.98 Å². The fraction of sp³-hybridized carbons (Fsp3) is 0.136. The number of benzene rings is 2. The quantitative estimate of drug-likeness (QED) is 0.515. The number of rotatable bonds is 5. The Morgan fingerprint density at radius 3 is 2.48 bits per heavy atom. The average molecular weight is 404 g/mol. The minimum absolute atomic E-state index is 0.182. The van der Waals surface area contributed by atoms with Gasteiger partial charge in [0.05, 0.1) is 18.5 Å². The molecule has 0 spiro atoms. The lowest BCUT2D eigenvalue weighted by atomic mass is 10.1. The van der Waals surface area contributed by atoms with Crippen LogP contribution < -0.4 is 10.1 Å². The van der Waals surface area contributed by atoms with Crippen LogP contribution in [0.5, 0.6) is 5.75 Å². The highest BCUT2D eigenvalue weighted by atomic mass is 32.1. The summed E-state index contributed by atoms with van der Waals surface area (Å²) < 4.78 is 6.87. The molecule has 0 bridgehead atoms. The molecule has 0 aliphatic rings. The van der Waals surface area contributed by atoms with E-state index in [0.29, 0.717) is 16.5 Å². The molecule has 2 aromatic carbocycles. The molecule has 0 unspecified atom stereocenters. The van der Waals surface area contributed by atoms with E-state index in [2.05, 4.69) is 10.4 Å². The highest BCUT2D eigenvalue weighted by Gasteiger charge is 2.15. The number of anilines is 1. The molecule has 0 radical (unpaired) electrons. The van der Waals surface area contributed by atoms with E-state index in [4.69, 9.17) is 9.72 Å². The number of ether oxygens (including phenoxy) is 1. The van der Waals surface area contributed by atoms with Crippen LogP contribution in [0, 0.1) is 13.8 Å². The van der Waals surface area contributed by atoms with Crippen molar-refractivity contribution in [2.75, 3.05) is 12.4 Å². The van der Waals surface area contributed by atoms with Gasteiger partial charge in [0.2, 0.25) is 5.13 Å². The van der Waals surface area contributed by atoms with Crippen molar-refractivity contribution in [3.05, 3.63) is 76.8 Å². The normalized spacial score (nSPS) is 10.7. The maximum absolute atomic E-state index is 12.6. The Hall–Kier alpha value is -3.45. The number of carbonyl (C=O) groups excluding carboxylic acids is 1. The summed E-state index contributed by atoms with van der Waals surface area (Å²) in [6.07, 6.45) is 0. The van der Waals surface area contributed by atoms with E-state index < -0.39 is 0 Å². The van der Waals surface area contributed by atoms with Gasteiger partial charge in [0.15, 0.2) is 0 Å². The zero-order valence-electron chi connectivity index (χ0n) is 16.3. The molecule has 4 aromatic rings. The zero-order valence-corrected chi connectivity index (χ0v) is 17.2. The number of thiazole rings is 1. The molecule has 0 saturated carbocycles. The van der Waals surface area contributed by atoms with Crippen LogP contribution >= 0.6 is 11.3 Å². The van der Waals surface area contributed by atoms with E-state index in [1.54, 1.807) is 11.8 Å². The lowest BCUT2D eigenvalue weighted by Gasteiger charge is -2.07. The summed E-state index contributed by atoms with van der Waals surface area (Å²) in [5, 5.41) is 10.1. The summed E-state index contributed by atoms with van der Waals surface area (Å²) in [7, 11) is 1.64. The highest BCUT2D eigenvalue weighted by Crippen LogP contribution is 2.27. The molecule has 29 heavy (non-hydrogen) atoms. The number of methoxy groups -OCH3 is 1.